The fourth-order valence-electron chi connectivity index (χ4n) is 1.32. The minimum Gasteiger partial charge on any atom is -0.352 e. The molecule has 0 spiro atoms. The number of hydrogen-bond acceptors (Lipinski definition) is 2. The highest BCUT2D eigenvalue weighted by atomic mass is 19.1. The first kappa shape index (κ1) is 13.6. The second-order valence-corrected chi connectivity index (χ2v) is 4.03. The molecule has 0 aliphatic heterocycles. The Labute approximate surface area is 99.0 Å². The van der Waals surface area contributed by atoms with Crippen molar-refractivity contribution < 1.29 is 13.6 Å². The number of hydrogen-bond donors (Lipinski definition) is 2. The van der Waals surface area contributed by atoms with E-state index >= 15 is 0 Å². The quantitative estimate of drug-likeness (QED) is 0.825. The summed E-state index contributed by atoms with van der Waals surface area (Å²) in [4.78, 5) is 11.3. The lowest BCUT2D eigenvalue weighted by Crippen LogP contribution is -2.25. The summed E-state index contributed by atoms with van der Waals surface area (Å²) in [7, 11) is 0. The average molecular weight is 242 g/mol. The lowest BCUT2D eigenvalue weighted by Gasteiger charge is -2.07. The van der Waals surface area contributed by atoms with Gasteiger partial charge in [-0.05, 0) is 31.5 Å². The second kappa shape index (κ2) is 6.30. The molecule has 5 heteroatoms. The molecule has 94 valence electrons. The maximum atomic E-state index is 13.2. The zero-order chi connectivity index (χ0) is 12.8. The summed E-state index contributed by atoms with van der Waals surface area (Å²) in [6, 6.07) is 3.10. The molecule has 0 heterocycles. The molecule has 0 aliphatic rings. The van der Waals surface area contributed by atoms with Crippen LogP contribution in [0.5, 0.6) is 0 Å². The monoisotopic (exact) mass is 242 g/mol. The zero-order valence-corrected chi connectivity index (χ0v) is 9.67. The Hall–Kier alpha value is -1.49. The molecule has 3 N–H and O–H groups in total. The van der Waals surface area contributed by atoms with Crippen LogP contribution in [0.15, 0.2) is 18.2 Å². The molecule has 0 aliphatic carbocycles. The molecule has 17 heavy (non-hydrogen) atoms. The van der Waals surface area contributed by atoms with Gasteiger partial charge >= 0.3 is 0 Å². The van der Waals surface area contributed by atoms with Crippen LogP contribution in [0.1, 0.15) is 25.3 Å². The molecule has 0 fully saturated rings. The normalized spacial score (nSPS) is 12.2. The standard InChI is InChI=1S/C12H16F2N2O/c1-8(15)2-5-12(17)16-7-9-6-10(13)3-4-11(9)14/h3-4,6,8H,2,5,7,15H2,1H3,(H,16,17). The van der Waals surface area contributed by atoms with E-state index in [-0.39, 0.29) is 30.5 Å². The van der Waals surface area contributed by atoms with E-state index in [1.807, 2.05) is 0 Å². The summed E-state index contributed by atoms with van der Waals surface area (Å²) >= 11 is 0. The third-order valence-corrected chi connectivity index (χ3v) is 2.31. The summed E-state index contributed by atoms with van der Waals surface area (Å²) in [5, 5.41) is 2.52. The van der Waals surface area contributed by atoms with Gasteiger partial charge in [0, 0.05) is 24.6 Å². The van der Waals surface area contributed by atoms with Crippen molar-refractivity contribution in [1.82, 2.24) is 5.32 Å². The fourth-order valence-corrected chi connectivity index (χ4v) is 1.32. The van der Waals surface area contributed by atoms with Gasteiger partial charge in [0.15, 0.2) is 0 Å². The Morgan fingerprint density at radius 2 is 2.18 bits per heavy atom. The number of benzene rings is 1. The summed E-state index contributed by atoms with van der Waals surface area (Å²) < 4.78 is 26.0. The topological polar surface area (TPSA) is 55.1 Å². The molecule has 1 rings (SSSR count). The first-order valence-corrected chi connectivity index (χ1v) is 5.45. The molecule has 0 saturated heterocycles. The SMILES string of the molecule is CC(N)CCC(=O)NCc1cc(F)ccc1F. The molecule has 1 aromatic carbocycles. The number of rotatable bonds is 5. The first-order chi connectivity index (χ1) is 7.99. The molecule has 1 aromatic rings. The van der Waals surface area contributed by atoms with Crippen molar-refractivity contribution in [3.63, 3.8) is 0 Å². The van der Waals surface area contributed by atoms with Crippen molar-refractivity contribution >= 4 is 5.91 Å². The molecular formula is C12H16F2N2O. The van der Waals surface area contributed by atoms with Gasteiger partial charge in [0.25, 0.3) is 0 Å². The van der Waals surface area contributed by atoms with Gasteiger partial charge in [-0.3, -0.25) is 4.79 Å². The van der Waals surface area contributed by atoms with Crippen LogP contribution < -0.4 is 11.1 Å². The third kappa shape index (κ3) is 4.91. The average Bonchev–Trinajstić information content (AvgIpc) is 2.27. The van der Waals surface area contributed by atoms with E-state index in [0.717, 1.165) is 18.2 Å². The summed E-state index contributed by atoms with van der Waals surface area (Å²) in [6.45, 7) is 1.79. The molecule has 0 bridgehead atoms. The minimum absolute atomic E-state index is 0.0125. The van der Waals surface area contributed by atoms with Gasteiger partial charge in [0.1, 0.15) is 11.6 Å². The van der Waals surface area contributed by atoms with Gasteiger partial charge < -0.3 is 11.1 Å². The lowest BCUT2D eigenvalue weighted by molar-refractivity contribution is -0.121. The van der Waals surface area contributed by atoms with Gasteiger partial charge in [-0.2, -0.15) is 0 Å². The Kier molecular flexibility index (Phi) is 5.03. The first-order valence-electron chi connectivity index (χ1n) is 5.45. The number of amides is 1. The molecule has 0 aromatic heterocycles. The van der Waals surface area contributed by atoms with Crippen LogP contribution in [0.25, 0.3) is 0 Å². The van der Waals surface area contributed by atoms with Gasteiger partial charge in [0.2, 0.25) is 5.91 Å². The van der Waals surface area contributed by atoms with E-state index in [0.29, 0.717) is 6.42 Å². The predicted octanol–water partition coefficient (Wildman–Crippen LogP) is 1.71. The van der Waals surface area contributed by atoms with Crippen molar-refractivity contribution in [2.24, 2.45) is 5.73 Å². The number of carbonyl (C=O) groups is 1. The largest absolute Gasteiger partial charge is 0.352 e. The molecule has 1 amide bonds. The summed E-state index contributed by atoms with van der Waals surface area (Å²) in [6.07, 6.45) is 0.853. The van der Waals surface area contributed by atoms with Gasteiger partial charge in [-0.15, -0.1) is 0 Å². The minimum atomic E-state index is -0.529. The zero-order valence-electron chi connectivity index (χ0n) is 9.67. The van der Waals surface area contributed by atoms with Crippen molar-refractivity contribution in [1.29, 1.82) is 0 Å². The van der Waals surface area contributed by atoms with Crippen LogP contribution in [0.4, 0.5) is 8.78 Å². The predicted molar refractivity (Wildman–Crippen MR) is 61.1 cm³/mol. The van der Waals surface area contributed by atoms with Crippen LogP contribution >= 0.6 is 0 Å². The number of carbonyl (C=O) groups excluding carboxylic acids is 1. The van der Waals surface area contributed by atoms with Gasteiger partial charge in [-0.25, -0.2) is 8.78 Å². The molecule has 3 nitrogen and oxygen atoms in total. The van der Waals surface area contributed by atoms with E-state index in [4.69, 9.17) is 5.73 Å². The van der Waals surface area contributed by atoms with E-state index < -0.39 is 11.6 Å². The summed E-state index contributed by atoms with van der Waals surface area (Å²) in [5.41, 5.74) is 5.64. The van der Waals surface area contributed by atoms with Crippen LogP contribution in [0, 0.1) is 11.6 Å². The van der Waals surface area contributed by atoms with Crippen LogP contribution in [-0.4, -0.2) is 11.9 Å². The maximum Gasteiger partial charge on any atom is 0.220 e. The van der Waals surface area contributed by atoms with Crippen LogP contribution in [-0.2, 0) is 11.3 Å². The highest BCUT2D eigenvalue weighted by Gasteiger charge is 2.07. The van der Waals surface area contributed by atoms with Crippen LogP contribution in [0.2, 0.25) is 0 Å². The lowest BCUT2D eigenvalue weighted by atomic mass is 10.1. The van der Waals surface area contributed by atoms with Crippen molar-refractivity contribution in [3.8, 4) is 0 Å². The molecule has 0 radical (unpaired) electrons. The number of nitrogens with two attached hydrogens (primary N) is 1. The second-order valence-electron chi connectivity index (χ2n) is 4.03. The van der Waals surface area contributed by atoms with Crippen molar-refractivity contribution in [2.75, 3.05) is 0 Å². The Balaban J connectivity index is 2.44. The molecule has 0 saturated carbocycles. The Bertz CT molecular complexity index is 394. The highest BCUT2D eigenvalue weighted by Crippen LogP contribution is 2.09. The fraction of sp³-hybridized carbons (Fsp3) is 0.417. The van der Waals surface area contributed by atoms with Crippen molar-refractivity contribution in [3.05, 3.63) is 35.4 Å². The molecule has 1 unspecified atom stereocenters. The summed E-state index contributed by atoms with van der Waals surface area (Å²) in [5.74, 6) is -1.27. The smallest absolute Gasteiger partial charge is 0.220 e. The Morgan fingerprint density at radius 3 is 2.82 bits per heavy atom. The van der Waals surface area contributed by atoms with Gasteiger partial charge in [-0.1, -0.05) is 0 Å². The number of halogens is 2. The maximum absolute atomic E-state index is 13.2. The van der Waals surface area contributed by atoms with E-state index in [9.17, 15) is 13.6 Å². The highest BCUT2D eigenvalue weighted by molar-refractivity contribution is 5.75. The number of nitrogens with one attached hydrogen (secondary N) is 1. The molecular weight excluding hydrogens is 226 g/mol. The molecule has 1 atom stereocenters. The van der Waals surface area contributed by atoms with Gasteiger partial charge in [0.05, 0.1) is 0 Å². The van der Waals surface area contributed by atoms with E-state index in [2.05, 4.69) is 5.32 Å². The Morgan fingerprint density at radius 1 is 1.47 bits per heavy atom. The van der Waals surface area contributed by atoms with E-state index in [1.165, 1.54) is 0 Å². The van der Waals surface area contributed by atoms with Crippen LogP contribution in [0.3, 0.4) is 0 Å². The third-order valence-electron chi connectivity index (χ3n) is 2.31. The van der Waals surface area contributed by atoms with E-state index in [1.54, 1.807) is 6.92 Å². The van der Waals surface area contributed by atoms with Crippen molar-refractivity contribution in [2.45, 2.75) is 32.4 Å².